The van der Waals surface area contributed by atoms with Crippen molar-refractivity contribution in [2.75, 3.05) is 18.5 Å². The molecule has 78 valence electrons. The van der Waals surface area contributed by atoms with Crippen molar-refractivity contribution in [1.82, 2.24) is 0 Å². The van der Waals surface area contributed by atoms with Crippen molar-refractivity contribution in [3.8, 4) is 0 Å². The van der Waals surface area contributed by atoms with Gasteiger partial charge in [0.05, 0.1) is 0 Å². The molecule has 0 unspecified atom stereocenters. The minimum absolute atomic E-state index is 0.224. The highest BCUT2D eigenvalue weighted by Crippen LogP contribution is 2.26. The van der Waals surface area contributed by atoms with E-state index in [0.717, 1.165) is 12.2 Å². The van der Waals surface area contributed by atoms with Gasteiger partial charge in [-0.1, -0.05) is 6.07 Å². The van der Waals surface area contributed by atoms with Crippen molar-refractivity contribution in [2.24, 2.45) is 5.73 Å². The fourth-order valence-electron chi connectivity index (χ4n) is 1.48. The van der Waals surface area contributed by atoms with Crippen LogP contribution in [0.4, 0.5) is 10.1 Å². The second kappa shape index (κ2) is 4.42. The molecule has 0 fully saturated rings. The lowest BCUT2D eigenvalue weighted by Crippen LogP contribution is -2.20. The van der Waals surface area contributed by atoms with Gasteiger partial charge in [-0.15, -0.1) is 0 Å². The lowest BCUT2D eigenvalue weighted by atomic mass is 10.1. The van der Waals surface area contributed by atoms with E-state index in [1.165, 1.54) is 6.07 Å². The molecule has 1 aromatic carbocycles. The van der Waals surface area contributed by atoms with Crippen LogP contribution in [0.2, 0.25) is 0 Å². The van der Waals surface area contributed by atoms with Crippen molar-refractivity contribution in [1.29, 1.82) is 0 Å². The monoisotopic (exact) mass is 196 g/mol. The zero-order chi connectivity index (χ0) is 10.7. The molecule has 1 aromatic rings. The molecule has 0 aliphatic carbocycles. The van der Waals surface area contributed by atoms with E-state index in [4.69, 9.17) is 5.73 Å². The molecule has 0 radical (unpaired) electrons. The van der Waals surface area contributed by atoms with Gasteiger partial charge in [-0.25, -0.2) is 4.39 Å². The molecule has 1 atom stereocenters. The summed E-state index contributed by atoms with van der Waals surface area (Å²) in [6, 6.07) is 4.78. The molecule has 14 heavy (non-hydrogen) atoms. The Morgan fingerprint density at radius 1 is 1.50 bits per heavy atom. The third kappa shape index (κ3) is 2.04. The van der Waals surface area contributed by atoms with Gasteiger partial charge in [-0.05, 0) is 26.0 Å². The van der Waals surface area contributed by atoms with Gasteiger partial charge in [0.15, 0.2) is 0 Å². The first-order valence-corrected chi connectivity index (χ1v) is 4.83. The molecular weight excluding hydrogens is 179 g/mol. The Balaban J connectivity index is 3.21. The first kappa shape index (κ1) is 11.0. The molecule has 2 N–H and O–H groups in total. The second-order valence-electron chi connectivity index (χ2n) is 3.48. The van der Waals surface area contributed by atoms with Gasteiger partial charge in [0.1, 0.15) is 5.82 Å². The Hall–Kier alpha value is -1.09. The van der Waals surface area contributed by atoms with Crippen molar-refractivity contribution in [3.63, 3.8) is 0 Å². The molecule has 0 aliphatic heterocycles. The second-order valence-corrected chi connectivity index (χ2v) is 3.48. The molecule has 0 heterocycles. The Labute approximate surface area is 84.5 Å². The number of anilines is 1. The van der Waals surface area contributed by atoms with Crippen LogP contribution in [0.3, 0.4) is 0 Å². The maximum Gasteiger partial charge on any atom is 0.130 e. The quantitative estimate of drug-likeness (QED) is 0.803. The molecule has 2 nitrogen and oxygen atoms in total. The predicted octanol–water partition coefficient (Wildman–Crippen LogP) is 2.30. The zero-order valence-electron chi connectivity index (χ0n) is 8.92. The minimum Gasteiger partial charge on any atom is -0.375 e. The van der Waals surface area contributed by atoms with E-state index in [9.17, 15) is 4.39 Å². The number of benzene rings is 1. The SMILES string of the molecule is CCN(C)c1cccc(F)c1[C@@H](C)N. The van der Waals surface area contributed by atoms with Crippen LogP contribution in [0.15, 0.2) is 18.2 Å². The van der Waals surface area contributed by atoms with Gasteiger partial charge in [0.25, 0.3) is 0 Å². The normalized spacial score (nSPS) is 12.6. The minimum atomic E-state index is -0.278. The molecule has 0 spiro atoms. The zero-order valence-corrected chi connectivity index (χ0v) is 8.92. The number of rotatable bonds is 3. The molecule has 0 aliphatic rings. The highest BCUT2D eigenvalue weighted by atomic mass is 19.1. The average molecular weight is 196 g/mol. The maximum atomic E-state index is 13.5. The van der Waals surface area contributed by atoms with Crippen molar-refractivity contribution >= 4 is 5.69 Å². The highest BCUT2D eigenvalue weighted by molar-refractivity contribution is 5.54. The van der Waals surface area contributed by atoms with Crippen LogP contribution in [-0.4, -0.2) is 13.6 Å². The molecule has 0 amide bonds. The van der Waals surface area contributed by atoms with Gasteiger partial charge in [-0.3, -0.25) is 0 Å². The van der Waals surface area contributed by atoms with E-state index in [-0.39, 0.29) is 11.9 Å². The van der Waals surface area contributed by atoms with Gasteiger partial charge in [0, 0.05) is 30.9 Å². The number of nitrogens with zero attached hydrogens (tertiary/aromatic N) is 1. The summed E-state index contributed by atoms with van der Waals surface area (Å²) in [4.78, 5) is 1.99. The fraction of sp³-hybridized carbons (Fsp3) is 0.455. The lowest BCUT2D eigenvalue weighted by molar-refractivity contribution is 0.593. The standard InChI is InChI=1S/C11H17FN2/c1-4-14(3)10-7-5-6-9(12)11(10)8(2)13/h5-8H,4,13H2,1-3H3/t8-/m1/s1. The molecule has 0 bridgehead atoms. The van der Waals surface area contributed by atoms with Gasteiger partial charge >= 0.3 is 0 Å². The van der Waals surface area contributed by atoms with Crippen LogP contribution < -0.4 is 10.6 Å². The van der Waals surface area contributed by atoms with E-state index in [1.807, 2.05) is 24.9 Å². The van der Waals surface area contributed by atoms with Crippen LogP contribution in [0.1, 0.15) is 25.5 Å². The summed E-state index contributed by atoms with van der Waals surface area (Å²) in [7, 11) is 1.93. The summed E-state index contributed by atoms with van der Waals surface area (Å²) in [5, 5.41) is 0. The Bertz CT molecular complexity index is 310. The Morgan fingerprint density at radius 2 is 2.14 bits per heavy atom. The molecular formula is C11H17FN2. The Morgan fingerprint density at radius 3 is 2.64 bits per heavy atom. The molecule has 0 saturated carbocycles. The first-order valence-electron chi connectivity index (χ1n) is 4.83. The van der Waals surface area contributed by atoms with E-state index < -0.39 is 0 Å². The number of hydrogen-bond acceptors (Lipinski definition) is 2. The number of hydrogen-bond donors (Lipinski definition) is 1. The van der Waals surface area contributed by atoms with Crippen LogP contribution in [0.5, 0.6) is 0 Å². The van der Waals surface area contributed by atoms with Gasteiger partial charge < -0.3 is 10.6 Å². The number of nitrogens with two attached hydrogens (primary N) is 1. The van der Waals surface area contributed by atoms with E-state index in [2.05, 4.69) is 0 Å². The van der Waals surface area contributed by atoms with Crippen molar-refractivity contribution in [2.45, 2.75) is 19.9 Å². The van der Waals surface area contributed by atoms with Gasteiger partial charge in [-0.2, -0.15) is 0 Å². The first-order chi connectivity index (χ1) is 6.57. The molecule has 0 aromatic heterocycles. The van der Waals surface area contributed by atoms with E-state index in [0.29, 0.717) is 5.56 Å². The van der Waals surface area contributed by atoms with Gasteiger partial charge in [0.2, 0.25) is 0 Å². The number of halogens is 1. The highest BCUT2D eigenvalue weighted by Gasteiger charge is 2.14. The summed E-state index contributed by atoms with van der Waals surface area (Å²) in [6.45, 7) is 4.66. The van der Waals surface area contributed by atoms with E-state index in [1.54, 1.807) is 13.0 Å². The average Bonchev–Trinajstić information content (AvgIpc) is 2.15. The molecule has 0 saturated heterocycles. The van der Waals surface area contributed by atoms with E-state index >= 15 is 0 Å². The van der Waals surface area contributed by atoms with Crippen molar-refractivity contribution in [3.05, 3.63) is 29.6 Å². The largest absolute Gasteiger partial charge is 0.375 e. The summed E-state index contributed by atoms with van der Waals surface area (Å²) < 4.78 is 13.5. The lowest BCUT2D eigenvalue weighted by Gasteiger charge is -2.22. The van der Waals surface area contributed by atoms with Crippen molar-refractivity contribution < 1.29 is 4.39 Å². The summed E-state index contributed by atoms with van der Waals surface area (Å²) >= 11 is 0. The predicted molar refractivity (Wildman–Crippen MR) is 57.9 cm³/mol. The van der Waals surface area contributed by atoms with Crippen LogP contribution >= 0.6 is 0 Å². The fourth-order valence-corrected chi connectivity index (χ4v) is 1.48. The third-order valence-electron chi connectivity index (χ3n) is 2.37. The molecule has 3 heteroatoms. The van der Waals surface area contributed by atoms with Crippen LogP contribution in [0, 0.1) is 5.82 Å². The molecule has 1 rings (SSSR count). The van der Waals surface area contributed by atoms with Crippen LogP contribution in [0.25, 0.3) is 0 Å². The summed E-state index contributed by atoms with van der Waals surface area (Å²) in [6.07, 6.45) is 0. The van der Waals surface area contributed by atoms with Crippen LogP contribution in [-0.2, 0) is 0 Å². The topological polar surface area (TPSA) is 29.3 Å². The maximum absolute atomic E-state index is 13.5. The third-order valence-corrected chi connectivity index (χ3v) is 2.37. The summed E-state index contributed by atoms with van der Waals surface area (Å²) in [5.41, 5.74) is 7.21. The summed E-state index contributed by atoms with van der Waals surface area (Å²) in [5.74, 6) is -0.224. The smallest absolute Gasteiger partial charge is 0.130 e. The Kier molecular flexibility index (Phi) is 3.47.